The van der Waals surface area contributed by atoms with E-state index in [1.54, 1.807) is 0 Å². The van der Waals surface area contributed by atoms with Gasteiger partial charge in [-0.3, -0.25) is 4.99 Å². The molecule has 0 fully saturated rings. The molecule has 0 unspecified atom stereocenters. The van der Waals surface area contributed by atoms with E-state index in [4.69, 9.17) is 4.98 Å². The smallest absolute Gasteiger partial charge is 0.176 e. The van der Waals surface area contributed by atoms with Gasteiger partial charge in [0.05, 0.1) is 6.33 Å². The van der Waals surface area contributed by atoms with Crippen molar-refractivity contribution in [1.82, 2.24) is 19.5 Å². The molecule has 2 rings (SSSR count). The van der Waals surface area contributed by atoms with Crippen LogP contribution in [0.5, 0.6) is 0 Å². The molecule has 2 aromatic rings. The van der Waals surface area contributed by atoms with Gasteiger partial charge in [-0.1, -0.05) is 27.7 Å². The Balaban J connectivity index is 2.67. The molecule has 1 N–H and O–H groups in total. The zero-order chi connectivity index (χ0) is 14.0. The standard InChI is InChI=1S/C14H23N5/c1-6-15-13-11-14(18-12(17-11)10(4)5)19(8-16-13)7-9(2)3/h8-10H,6-7H2,1-5H3,(H,17,18). The Morgan fingerprint density at radius 2 is 2.05 bits per heavy atom. The maximum absolute atomic E-state index is 4.72. The molecular weight excluding hydrogens is 238 g/mol. The van der Waals surface area contributed by atoms with E-state index in [2.05, 4.69) is 47.2 Å². The van der Waals surface area contributed by atoms with E-state index in [0.29, 0.717) is 11.8 Å². The third-order valence-electron chi connectivity index (χ3n) is 2.93. The SMILES string of the molecule is CCN=c1ncn(CC(C)C)c2nc(C(C)C)[nH]c12. The fourth-order valence-electron chi connectivity index (χ4n) is 2.06. The minimum absolute atomic E-state index is 0.370. The van der Waals surface area contributed by atoms with Crippen molar-refractivity contribution in [1.29, 1.82) is 0 Å². The molecule has 0 aromatic carbocycles. The second-order valence-electron chi connectivity index (χ2n) is 5.56. The van der Waals surface area contributed by atoms with Gasteiger partial charge in [0.2, 0.25) is 0 Å². The minimum Gasteiger partial charge on any atom is -0.337 e. The second-order valence-corrected chi connectivity index (χ2v) is 5.56. The van der Waals surface area contributed by atoms with Gasteiger partial charge in [0.25, 0.3) is 0 Å². The topological polar surface area (TPSA) is 58.9 Å². The van der Waals surface area contributed by atoms with Crippen LogP contribution in [0.25, 0.3) is 11.2 Å². The highest BCUT2D eigenvalue weighted by Gasteiger charge is 2.12. The lowest BCUT2D eigenvalue weighted by Crippen LogP contribution is -2.16. The summed E-state index contributed by atoms with van der Waals surface area (Å²) in [4.78, 5) is 17.0. The van der Waals surface area contributed by atoms with Gasteiger partial charge in [-0.15, -0.1) is 0 Å². The molecule has 0 bridgehead atoms. The van der Waals surface area contributed by atoms with Gasteiger partial charge in [-0.05, 0) is 12.8 Å². The normalized spacial score (nSPS) is 13.1. The number of aromatic amines is 1. The Labute approximate surface area is 113 Å². The highest BCUT2D eigenvalue weighted by molar-refractivity contribution is 5.69. The minimum atomic E-state index is 0.370. The molecule has 0 radical (unpaired) electrons. The number of fused-ring (bicyclic) bond motifs is 1. The largest absolute Gasteiger partial charge is 0.337 e. The number of hydrogen-bond acceptors (Lipinski definition) is 3. The van der Waals surface area contributed by atoms with E-state index in [-0.39, 0.29) is 0 Å². The third-order valence-corrected chi connectivity index (χ3v) is 2.93. The predicted molar refractivity (Wildman–Crippen MR) is 76.9 cm³/mol. The number of hydrogen-bond donors (Lipinski definition) is 1. The van der Waals surface area contributed by atoms with Crippen LogP contribution in [0.4, 0.5) is 0 Å². The van der Waals surface area contributed by atoms with E-state index < -0.39 is 0 Å². The van der Waals surface area contributed by atoms with Crippen LogP contribution in [0.3, 0.4) is 0 Å². The van der Waals surface area contributed by atoms with Crippen LogP contribution in [-0.4, -0.2) is 26.1 Å². The predicted octanol–water partition coefficient (Wildman–Crippen LogP) is 2.46. The number of nitrogens with zero attached hydrogens (tertiary/aromatic N) is 4. The van der Waals surface area contributed by atoms with Crippen molar-refractivity contribution in [3.8, 4) is 0 Å². The van der Waals surface area contributed by atoms with Crippen LogP contribution in [0.15, 0.2) is 11.3 Å². The lowest BCUT2D eigenvalue weighted by Gasteiger charge is -2.09. The molecule has 0 aliphatic carbocycles. The van der Waals surface area contributed by atoms with Crippen LogP contribution in [0, 0.1) is 5.92 Å². The fourth-order valence-corrected chi connectivity index (χ4v) is 2.06. The van der Waals surface area contributed by atoms with Gasteiger partial charge in [-0.2, -0.15) is 0 Å². The Bertz CT molecular complexity index is 618. The average molecular weight is 261 g/mol. The molecule has 2 aromatic heterocycles. The summed E-state index contributed by atoms with van der Waals surface area (Å²) in [6, 6.07) is 0. The van der Waals surface area contributed by atoms with E-state index in [9.17, 15) is 0 Å². The molecule has 0 saturated carbocycles. The summed E-state index contributed by atoms with van der Waals surface area (Å²) in [6.45, 7) is 12.3. The monoisotopic (exact) mass is 261 g/mol. The number of aromatic nitrogens is 4. The molecule has 0 aliphatic rings. The van der Waals surface area contributed by atoms with Crippen LogP contribution in [0.1, 0.15) is 46.4 Å². The highest BCUT2D eigenvalue weighted by atomic mass is 15.1. The average Bonchev–Trinajstić information content (AvgIpc) is 2.77. The first kappa shape index (κ1) is 13.8. The van der Waals surface area contributed by atoms with Crippen molar-refractivity contribution in [3.05, 3.63) is 17.6 Å². The van der Waals surface area contributed by atoms with Crippen LogP contribution >= 0.6 is 0 Å². The van der Waals surface area contributed by atoms with E-state index in [0.717, 1.165) is 35.6 Å². The van der Waals surface area contributed by atoms with E-state index in [1.165, 1.54) is 0 Å². The quantitative estimate of drug-likeness (QED) is 0.919. The molecule has 19 heavy (non-hydrogen) atoms. The summed E-state index contributed by atoms with van der Waals surface area (Å²) in [6.07, 6.45) is 1.85. The molecule has 0 saturated heterocycles. The van der Waals surface area contributed by atoms with Gasteiger partial charge in [0, 0.05) is 19.0 Å². The lowest BCUT2D eigenvalue weighted by atomic mass is 10.2. The summed E-state index contributed by atoms with van der Waals surface area (Å²) < 4.78 is 2.11. The van der Waals surface area contributed by atoms with Crippen molar-refractivity contribution in [2.75, 3.05) is 6.54 Å². The van der Waals surface area contributed by atoms with Crippen LogP contribution in [0.2, 0.25) is 0 Å². The summed E-state index contributed by atoms with van der Waals surface area (Å²) in [5, 5.41) is 0. The van der Waals surface area contributed by atoms with Gasteiger partial charge >= 0.3 is 0 Å². The molecule has 2 heterocycles. The first-order chi connectivity index (χ1) is 9.02. The molecule has 0 atom stereocenters. The van der Waals surface area contributed by atoms with Gasteiger partial charge in [-0.25, -0.2) is 9.97 Å². The molecule has 0 amide bonds. The molecule has 0 spiro atoms. The number of imidazole rings is 1. The first-order valence-electron chi connectivity index (χ1n) is 6.98. The third kappa shape index (κ3) is 2.85. The number of H-pyrrole nitrogens is 1. The maximum atomic E-state index is 4.72. The van der Waals surface area contributed by atoms with Crippen LogP contribution in [-0.2, 0) is 6.54 Å². The van der Waals surface area contributed by atoms with Gasteiger partial charge in [0.15, 0.2) is 11.1 Å². The Hall–Kier alpha value is -1.65. The number of nitrogens with one attached hydrogen (secondary N) is 1. The van der Waals surface area contributed by atoms with Crippen molar-refractivity contribution >= 4 is 11.2 Å². The first-order valence-corrected chi connectivity index (χ1v) is 6.98. The molecule has 5 nitrogen and oxygen atoms in total. The zero-order valence-electron chi connectivity index (χ0n) is 12.4. The van der Waals surface area contributed by atoms with Gasteiger partial charge < -0.3 is 9.55 Å². The van der Waals surface area contributed by atoms with Crippen molar-refractivity contribution < 1.29 is 0 Å². The summed E-state index contributed by atoms with van der Waals surface area (Å²) in [5.41, 5.74) is 2.67. The van der Waals surface area contributed by atoms with E-state index >= 15 is 0 Å². The van der Waals surface area contributed by atoms with Crippen molar-refractivity contribution in [3.63, 3.8) is 0 Å². The van der Waals surface area contributed by atoms with Gasteiger partial charge in [0.1, 0.15) is 11.3 Å². The Morgan fingerprint density at radius 3 is 2.63 bits per heavy atom. The molecule has 0 aliphatic heterocycles. The summed E-state index contributed by atoms with van der Waals surface area (Å²) >= 11 is 0. The second kappa shape index (κ2) is 5.55. The molecule has 104 valence electrons. The van der Waals surface area contributed by atoms with Crippen molar-refractivity contribution in [2.24, 2.45) is 10.9 Å². The maximum Gasteiger partial charge on any atom is 0.176 e. The summed E-state index contributed by atoms with van der Waals surface area (Å²) in [5.74, 6) is 1.92. The fraction of sp³-hybridized carbons (Fsp3) is 0.643. The zero-order valence-corrected chi connectivity index (χ0v) is 12.4. The van der Waals surface area contributed by atoms with Crippen LogP contribution < -0.4 is 5.49 Å². The lowest BCUT2D eigenvalue weighted by molar-refractivity contribution is 0.524. The highest BCUT2D eigenvalue weighted by Crippen LogP contribution is 2.15. The van der Waals surface area contributed by atoms with E-state index in [1.807, 2.05) is 13.3 Å². The summed E-state index contributed by atoms with van der Waals surface area (Å²) in [7, 11) is 0. The van der Waals surface area contributed by atoms with Crippen molar-refractivity contribution in [2.45, 2.75) is 47.1 Å². The molecule has 5 heteroatoms. The Morgan fingerprint density at radius 1 is 1.32 bits per heavy atom. The Kier molecular flexibility index (Phi) is 4.02. The molecular formula is C14H23N5. The number of rotatable bonds is 4.